The molecule has 5 nitrogen and oxygen atoms in total. The lowest BCUT2D eigenvalue weighted by Crippen LogP contribution is -2.07. The second-order valence-electron chi connectivity index (χ2n) is 3.87. The average Bonchev–Trinajstić information content (AvgIpc) is 2.24. The first-order valence-corrected chi connectivity index (χ1v) is 5.78. The molecular formula is C13H20N2O3. The van der Waals surface area contributed by atoms with E-state index in [1.807, 2.05) is 20.8 Å². The van der Waals surface area contributed by atoms with Crippen molar-refractivity contribution in [2.24, 2.45) is 0 Å². The molecule has 0 aliphatic rings. The Hall–Kier alpha value is -1.78. The summed E-state index contributed by atoms with van der Waals surface area (Å²) in [6.45, 7) is 9.28. The molecule has 0 atom stereocenters. The zero-order chi connectivity index (χ0) is 14.1. The number of hydrogen-bond donors (Lipinski definition) is 0. The van der Waals surface area contributed by atoms with Crippen LogP contribution in [0.1, 0.15) is 37.4 Å². The van der Waals surface area contributed by atoms with E-state index in [-0.39, 0.29) is 12.2 Å². The highest BCUT2D eigenvalue weighted by atomic mass is 16.5. The van der Waals surface area contributed by atoms with E-state index < -0.39 is 5.97 Å². The number of esters is 1. The van der Waals surface area contributed by atoms with Crippen molar-refractivity contribution in [3.8, 4) is 0 Å². The van der Waals surface area contributed by atoms with Gasteiger partial charge in [-0.2, -0.15) is 0 Å². The number of carbonyl (C=O) groups excluding carboxylic acids is 2. The minimum Gasteiger partial charge on any atom is -0.466 e. The number of carbonyl (C=O) groups is 2. The number of ketones is 1. The molecule has 0 unspecified atom stereocenters. The van der Waals surface area contributed by atoms with Crippen molar-refractivity contribution in [2.75, 3.05) is 6.61 Å². The molecule has 0 aliphatic carbocycles. The summed E-state index contributed by atoms with van der Waals surface area (Å²) in [5.41, 5.74) is 3.02. The van der Waals surface area contributed by atoms with E-state index in [4.69, 9.17) is 0 Å². The Kier molecular flexibility index (Phi) is 7.51. The first kappa shape index (κ1) is 16.2. The number of rotatable bonds is 3. The van der Waals surface area contributed by atoms with Crippen molar-refractivity contribution >= 4 is 11.8 Å². The largest absolute Gasteiger partial charge is 0.466 e. The van der Waals surface area contributed by atoms with Crippen LogP contribution in [-0.4, -0.2) is 28.3 Å². The van der Waals surface area contributed by atoms with Gasteiger partial charge in [-0.3, -0.25) is 19.6 Å². The van der Waals surface area contributed by atoms with Crippen LogP contribution in [-0.2, 0) is 14.3 Å². The summed E-state index contributed by atoms with van der Waals surface area (Å²) in [4.78, 5) is 29.0. The normalized spacial score (nSPS) is 9.17. The number of Topliss-reactive ketones (excluding diaryl/α,β-unsaturated/α-hetero) is 1. The minimum atomic E-state index is -0.440. The summed E-state index contributed by atoms with van der Waals surface area (Å²) in [6.07, 6.45) is 1.68. The van der Waals surface area contributed by atoms with Gasteiger partial charge in [0.05, 0.1) is 23.7 Å². The quantitative estimate of drug-likeness (QED) is 0.607. The van der Waals surface area contributed by atoms with Crippen LogP contribution in [0.15, 0.2) is 6.20 Å². The van der Waals surface area contributed by atoms with E-state index in [0.29, 0.717) is 6.61 Å². The monoisotopic (exact) mass is 252 g/mol. The third-order valence-corrected chi connectivity index (χ3v) is 2.01. The van der Waals surface area contributed by atoms with Gasteiger partial charge in [0.15, 0.2) is 0 Å². The Bertz CT molecular complexity index is 417. The zero-order valence-corrected chi connectivity index (χ0v) is 11.6. The molecule has 0 N–H and O–H groups in total. The van der Waals surface area contributed by atoms with Gasteiger partial charge < -0.3 is 4.74 Å². The van der Waals surface area contributed by atoms with Crippen molar-refractivity contribution < 1.29 is 14.3 Å². The maximum absolute atomic E-state index is 10.4. The summed E-state index contributed by atoms with van der Waals surface area (Å²) in [6, 6.07) is 0. The van der Waals surface area contributed by atoms with Gasteiger partial charge in [-0.1, -0.05) is 0 Å². The molecule has 1 aromatic heterocycles. The lowest BCUT2D eigenvalue weighted by molar-refractivity contribution is -0.145. The first-order chi connectivity index (χ1) is 8.36. The molecular weight excluding hydrogens is 232 g/mol. The number of hydrogen-bond acceptors (Lipinski definition) is 5. The summed E-state index contributed by atoms with van der Waals surface area (Å²) < 4.78 is 4.49. The fourth-order valence-electron chi connectivity index (χ4n) is 1.07. The van der Waals surface area contributed by atoms with Crippen molar-refractivity contribution in [1.29, 1.82) is 0 Å². The van der Waals surface area contributed by atoms with Gasteiger partial charge in [-0.25, -0.2) is 0 Å². The fraction of sp³-hybridized carbons (Fsp3) is 0.538. The van der Waals surface area contributed by atoms with Gasteiger partial charge in [0, 0.05) is 6.20 Å². The molecule has 0 bridgehead atoms. The second kappa shape index (κ2) is 8.33. The van der Waals surface area contributed by atoms with Crippen LogP contribution >= 0.6 is 0 Å². The molecule has 0 spiro atoms. The Morgan fingerprint density at radius 3 is 2.22 bits per heavy atom. The smallest absolute Gasteiger partial charge is 0.313 e. The second-order valence-corrected chi connectivity index (χ2v) is 3.87. The molecule has 1 aromatic rings. The standard InChI is InChI=1S/C7H10N2.C6H10O3/c1-5-4-8-6(2)7(3)9-5;1-3-9-6(8)4-5(2)7/h4H,1-3H3;3-4H2,1-2H3. The molecule has 0 amide bonds. The molecule has 1 heterocycles. The van der Waals surface area contributed by atoms with Gasteiger partial charge in [0.2, 0.25) is 0 Å². The Morgan fingerprint density at radius 1 is 1.22 bits per heavy atom. The summed E-state index contributed by atoms with van der Waals surface area (Å²) in [7, 11) is 0. The van der Waals surface area contributed by atoms with Gasteiger partial charge in [0.1, 0.15) is 12.2 Å². The molecule has 100 valence electrons. The Labute approximate surface area is 108 Å². The molecule has 0 aliphatic heterocycles. The maximum Gasteiger partial charge on any atom is 0.313 e. The highest BCUT2D eigenvalue weighted by molar-refractivity contribution is 5.94. The first-order valence-electron chi connectivity index (χ1n) is 5.78. The van der Waals surface area contributed by atoms with Crippen molar-refractivity contribution in [3.63, 3.8) is 0 Å². The van der Waals surface area contributed by atoms with E-state index in [0.717, 1.165) is 17.1 Å². The van der Waals surface area contributed by atoms with Crippen LogP contribution < -0.4 is 0 Å². The molecule has 1 rings (SSSR count). The van der Waals surface area contributed by atoms with Crippen LogP contribution in [0.5, 0.6) is 0 Å². The maximum atomic E-state index is 10.4. The van der Waals surface area contributed by atoms with E-state index in [1.54, 1.807) is 13.1 Å². The van der Waals surface area contributed by atoms with Gasteiger partial charge in [-0.15, -0.1) is 0 Å². The van der Waals surface area contributed by atoms with Crippen molar-refractivity contribution in [2.45, 2.75) is 41.0 Å². The molecule has 0 aromatic carbocycles. The number of ether oxygens (including phenoxy) is 1. The lowest BCUT2D eigenvalue weighted by atomic mass is 10.3. The van der Waals surface area contributed by atoms with Crippen LogP contribution in [0.4, 0.5) is 0 Å². The van der Waals surface area contributed by atoms with Gasteiger partial charge in [0.25, 0.3) is 0 Å². The van der Waals surface area contributed by atoms with Gasteiger partial charge in [-0.05, 0) is 34.6 Å². The predicted octanol–water partition coefficient (Wildman–Crippen LogP) is 1.93. The average molecular weight is 252 g/mol. The highest BCUT2D eigenvalue weighted by Gasteiger charge is 2.03. The number of nitrogens with zero attached hydrogens (tertiary/aromatic N) is 2. The topological polar surface area (TPSA) is 69.2 Å². The highest BCUT2D eigenvalue weighted by Crippen LogP contribution is 1.98. The minimum absolute atomic E-state index is 0.103. The molecule has 0 saturated carbocycles. The SMILES string of the molecule is CCOC(=O)CC(C)=O.Cc1cnc(C)c(C)n1. The zero-order valence-electron chi connectivity index (χ0n) is 11.6. The van der Waals surface area contributed by atoms with E-state index in [9.17, 15) is 9.59 Å². The third kappa shape index (κ3) is 7.49. The van der Waals surface area contributed by atoms with Crippen molar-refractivity contribution in [1.82, 2.24) is 9.97 Å². The number of aryl methyl sites for hydroxylation is 3. The predicted molar refractivity (Wildman–Crippen MR) is 68.2 cm³/mol. The lowest BCUT2D eigenvalue weighted by Gasteiger charge is -1.96. The van der Waals surface area contributed by atoms with Crippen LogP contribution in [0.25, 0.3) is 0 Å². The van der Waals surface area contributed by atoms with E-state index in [1.165, 1.54) is 6.92 Å². The summed E-state index contributed by atoms with van der Waals surface area (Å²) >= 11 is 0. The van der Waals surface area contributed by atoms with E-state index >= 15 is 0 Å². The Balaban J connectivity index is 0.000000321. The number of aromatic nitrogens is 2. The van der Waals surface area contributed by atoms with Crippen LogP contribution in [0.3, 0.4) is 0 Å². The molecule has 0 saturated heterocycles. The van der Waals surface area contributed by atoms with E-state index in [2.05, 4.69) is 14.7 Å². The fourth-order valence-corrected chi connectivity index (χ4v) is 1.07. The molecule has 5 heteroatoms. The Morgan fingerprint density at radius 2 is 1.83 bits per heavy atom. The summed E-state index contributed by atoms with van der Waals surface area (Å²) in [5.74, 6) is -0.599. The van der Waals surface area contributed by atoms with Crippen LogP contribution in [0.2, 0.25) is 0 Å². The molecule has 0 fully saturated rings. The van der Waals surface area contributed by atoms with Crippen LogP contribution in [0, 0.1) is 20.8 Å². The third-order valence-electron chi connectivity index (χ3n) is 2.01. The molecule has 0 radical (unpaired) electrons. The van der Waals surface area contributed by atoms with Gasteiger partial charge >= 0.3 is 5.97 Å². The molecule has 18 heavy (non-hydrogen) atoms. The summed E-state index contributed by atoms with van der Waals surface area (Å²) in [5, 5.41) is 0. The van der Waals surface area contributed by atoms with Crippen molar-refractivity contribution in [3.05, 3.63) is 23.3 Å².